The highest BCUT2D eigenvalue weighted by molar-refractivity contribution is 5.91. The van der Waals surface area contributed by atoms with Gasteiger partial charge in [0.15, 0.2) is 0 Å². The molecule has 0 aliphatic heterocycles. The van der Waals surface area contributed by atoms with Crippen LogP contribution in [-0.2, 0) is 14.3 Å². The van der Waals surface area contributed by atoms with Crippen LogP contribution in [0.1, 0.15) is 88.4 Å². The first-order chi connectivity index (χ1) is 16.6. The fraction of sp³-hybridized carbons (Fsp3) is 0.517. The normalized spacial score (nSPS) is 10.6. The van der Waals surface area contributed by atoms with Crippen LogP contribution in [0, 0.1) is 0 Å². The monoisotopic (exact) mass is 468 g/mol. The minimum absolute atomic E-state index is 0.188. The van der Waals surface area contributed by atoms with Gasteiger partial charge in [-0.05, 0) is 43.5 Å². The number of hydrogen-bond acceptors (Lipinski definition) is 5. The molecule has 34 heavy (non-hydrogen) atoms. The number of carbonyl (C=O) groups excluding carboxylic acids is 2. The maximum absolute atomic E-state index is 12.2. The summed E-state index contributed by atoms with van der Waals surface area (Å²) in [6.45, 7) is 4.80. The van der Waals surface area contributed by atoms with Gasteiger partial charge in [0.25, 0.3) is 0 Å². The Bertz CT molecular complexity index is 847. The van der Waals surface area contributed by atoms with Crippen molar-refractivity contribution in [1.82, 2.24) is 0 Å². The van der Waals surface area contributed by atoms with Crippen LogP contribution in [0.25, 0.3) is 11.1 Å². The van der Waals surface area contributed by atoms with Crippen molar-refractivity contribution in [1.29, 1.82) is 0 Å². The van der Waals surface area contributed by atoms with Crippen molar-refractivity contribution in [3.63, 3.8) is 0 Å². The SMILES string of the molecule is CCOC(=O)c1ccc(-c2ccccc2)c(OCCCCCCCCCCCCOC(C)=O)c1. The van der Waals surface area contributed by atoms with Crippen molar-refractivity contribution in [3.05, 3.63) is 54.1 Å². The highest BCUT2D eigenvalue weighted by Crippen LogP contribution is 2.31. The van der Waals surface area contributed by atoms with Gasteiger partial charge in [0.2, 0.25) is 0 Å². The quantitative estimate of drug-likeness (QED) is 0.179. The van der Waals surface area contributed by atoms with Crippen LogP contribution in [0.5, 0.6) is 5.75 Å². The van der Waals surface area contributed by atoms with E-state index in [1.165, 1.54) is 45.4 Å². The molecule has 0 aliphatic rings. The molecule has 186 valence electrons. The first-order valence-electron chi connectivity index (χ1n) is 12.7. The van der Waals surface area contributed by atoms with Gasteiger partial charge in [-0.2, -0.15) is 0 Å². The molecule has 0 aromatic heterocycles. The smallest absolute Gasteiger partial charge is 0.338 e. The molecule has 0 N–H and O–H groups in total. The molecule has 0 saturated heterocycles. The first kappa shape index (κ1) is 27.4. The van der Waals surface area contributed by atoms with Gasteiger partial charge in [-0.25, -0.2) is 4.79 Å². The average Bonchev–Trinajstić information content (AvgIpc) is 2.84. The summed E-state index contributed by atoms with van der Waals surface area (Å²) < 4.78 is 16.2. The lowest BCUT2D eigenvalue weighted by Crippen LogP contribution is -2.06. The van der Waals surface area contributed by atoms with Gasteiger partial charge >= 0.3 is 11.9 Å². The standard InChI is InChI=1S/C29H40O5/c1-3-32-29(31)26-19-20-27(25-17-13-12-14-18-25)28(23-26)34-22-16-11-9-7-5-4-6-8-10-15-21-33-24(2)30/h12-14,17-20,23H,3-11,15-16,21-22H2,1-2H3. The number of esters is 2. The van der Waals surface area contributed by atoms with Gasteiger partial charge in [-0.15, -0.1) is 0 Å². The second-order valence-corrected chi connectivity index (χ2v) is 8.52. The lowest BCUT2D eigenvalue weighted by Gasteiger charge is -2.13. The third-order valence-electron chi connectivity index (χ3n) is 5.68. The molecular weight excluding hydrogens is 428 g/mol. The molecule has 2 rings (SSSR count). The van der Waals surface area contributed by atoms with Crippen molar-refractivity contribution >= 4 is 11.9 Å². The van der Waals surface area contributed by atoms with Crippen LogP contribution < -0.4 is 4.74 Å². The van der Waals surface area contributed by atoms with E-state index in [0.29, 0.717) is 25.4 Å². The summed E-state index contributed by atoms with van der Waals surface area (Å²) in [7, 11) is 0. The zero-order valence-electron chi connectivity index (χ0n) is 20.9. The number of rotatable bonds is 17. The molecule has 0 atom stereocenters. The Morgan fingerprint density at radius 3 is 1.88 bits per heavy atom. The minimum Gasteiger partial charge on any atom is -0.493 e. The summed E-state index contributed by atoms with van der Waals surface area (Å²) in [5.41, 5.74) is 2.57. The summed E-state index contributed by atoms with van der Waals surface area (Å²) >= 11 is 0. The van der Waals surface area contributed by atoms with Crippen LogP contribution in [-0.4, -0.2) is 31.8 Å². The fourth-order valence-electron chi connectivity index (χ4n) is 3.86. The van der Waals surface area contributed by atoms with E-state index in [-0.39, 0.29) is 11.9 Å². The third-order valence-corrected chi connectivity index (χ3v) is 5.68. The van der Waals surface area contributed by atoms with Crippen LogP contribution in [0.15, 0.2) is 48.5 Å². The van der Waals surface area contributed by atoms with E-state index in [0.717, 1.165) is 42.6 Å². The Morgan fingerprint density at radius 1 is 0.706 bits per heavy atom. The number of ether oxygens (including phenoxy) is 3. The van der Waals surface area contributed by atoms with Crippen molar-refractivity contribution < 1.29 is 23.8 Å². The minimum atomic E-state index is -0.323. The highest BCUT2D eigenvalue weighted by atomic mass is 16.5. The molecule has 0 amide bonds. The van der Waals surface area contributed by atoms with Crippen molar-refractivity contribution in [3.8, 4) is 16.9 Å². The van der Waals surface area contributed by atoms with E-state index >= 15 is 0 Å². The van der Waals surface area contributed by atoms with Crippen LogP contribution in [0.2, 0.25) is 0 Å². The molecule has 5 heteroatoms. The molecule has 0 saturated carbocycles. The lowest BCUT2D eigenvalue weighted by atomic mass is 10.0. The number of benzene rings is 2. The summed E-state index contributed by atoms with van der Waals surface area (Å²) in [6, 6.07) is 15.6. The van der Waals surface area contributed by atoms with E-state index in [4.69, 9.17) is 14.2 Å². The Hall–Kier alpha value is -2.82. The van der Waals surface area contributed by atoms with Gasteiger partial charge in [0.1, 0.15) is 5.75 Å². The molecule has 5 nitrogen and oxygen atoms in total. The maximum Gasteiger partial charge on any atom is 0.338 e. The first-order valence-corrected chi connectivity index (χ1v) is 12.7. The van der Waals surface area contributed by atoms with Gasteiger partial charge < -0.3 is 14.2 Å². The fourth-order valence-corrected chi connectivity index (χ4v) is 3.86. The van der Waals surface area contributed by atoms with E-state index in [1.54, 1.807) is 12.1 Å². The molecular formula is C29H40O5. The Balaban J connectivity index is 1.66. The molecule has 2 aromatic carbocycles. The van der Waals surface area contributed by atoms with Crippen molar-refractivity contribution in [2.75, 3.05) is 19.8 Å². The zero-order chi connectivity index (χ0) is 24.4. The topological polar surface area (TPSA) is 61.8 Å². The molecule has 0 unspecified atom stereocenters. The summed E-state index contributed by atoms with van der Waals surface area (Å²) in [6.07, 6.45) is 11.7. The summed E-state index contributed by atoms with van der Waals surface area (Å²) in [5.74, 6) is 0.217. The van der Waals surface area contributed by atoms with E-state index in [2.05, 4.69) is 0 Å². The van der Waals surface area contributed by atoms with Crippen molar-refractivity contribution in [2.45, 2.75) is 78.1 Å². The van der Waals surface area contributed by atoms with Gasteiger partial charge in [0, 0.05) is 12.5 Å². The van der Waals surface area contributed by atoms with Gasteiger partial charge in [-0.1, -0.05) is 81.7 Å². The van der Waals surface area contributed by atoms with Gasteiger partial charge in [0.05, 0.1) is 25.4 Å². The molecule has 2 aromatic rings. The van der Waals surface area contributed by atoms with Crippen LogP contribution in [0.3, 0.4) is 0 Å². The Kier molecular flexibility index (Phi) is 13.5. The molecule has 0 bridgehead atoms. The second kappa shape index (κ2) is 16.7. The number of unbranched alkanes of at least 4 members (excludes halogenated alkanes) is 9. The predicted octanol–water partition coefficient (Wildman–Crippen LogP) is 7.37. The zero-order valence-corrected chi connectivity index (χ0v) is 20.9. The molecule has 0 aliphatic carbocycles. The summed E-state index contributed by atoms with van der Waals surface area (Å²) in [5, 5.41) is 0. The molecule has 0 heterocycles. The largest absolute Gasteiger partial charge is 0.493 e. The van der Waals surface area contributed by atoms with Crippen LogP contribution in [0.4, 0.5) is 0 Å². The predicted molar refractivity (Wildman–Crippen MR) is 136 cm³/mol. The summed E-state index contributed by atoms with van der Waals surface area (Å²) in [4.78, 5) is 22.9. The second-order valence-electron chi connectivity index (χ2n) is 8.52. The molecule has 0 spiro atoms. The van der Waals surface area contributed by atoms with E-state index < -0.39 is 0 Å². The number of carbonyl (C=O) groups is 2. The van der Waals surface area contributed by atoms with Crippen LogP contribution >= 0.6 is 0 Å². The van der Waals surface area contributed by atoms with E-state index in [9.17, 15) is 9.59 Å². The average molecular weight is 469 g/mol. The Labute approximate surface area is 204 Å². The van der Waals surface area contributed by atoms with Crippen molar-refractivity contribution in [2.24, 2.45) is 0 Å². The lowest BCUT2D eigenvalue weighted by molar-refractivity contribution is -0.141. The molecule has 0 fully saturated rings. The maximum atomic E-state index is 12.2. The third kappa shape index (κ3) is 10.9. The van der Waals surface area contributed by atoms with E-state index in [1.807, 2.05) is 43.3 Å². The molecule has 0 radical (unpaired) electrons. The van der Waals surface area contributed by atoms with Gasteiger partial charge in [-0.3, -0.25) is 4.79 Å². The highest BCUT2D eigenvalue weighted by Gasteiger charge is 2.13. The Morgan fingerprint density at radius 2 is 1.29 bits per heavy atom. The number of hydrogen-bond donors (Lipinski definition) is 0.